The predicted octanol–water partition coefficient (Wildman–Crippen LogP) is 2.57. The van der Waals surface area contributed by atoms with Crippen molar-refractivity contribution in [2.75, 3.05) is 26.2 Å². The molecule has 0 radical (unpaired) electrons. The minimum atomic E-state index is -3.56. The highest BCUT2D eigenvalue weighted by molar-refractivity contribution is 7.89. The summed E-state index contributed by atoms with van der Waals surface area (Å²) in [5.74, 6) is -0.167. The Kier molecular flexibility index (Phi) is 6.04. The Balaban J connectivity index is 2.25. The number of amides is 1. The largest absolute Gasteiger partial charge is 0.343 e. The Morgan fingerprint density at radius 3 is 2.54 bits per heavy atom. The van der Waals surface area contributed by atoms with Gasteiger partial charge in [0.25, 0.3) is 0 Å². The number of carbonyl (C=O) groups is 1. The molecule has 0 bridgehead atoms. The van der Waals surface area contributed by atoms with Gasteiger partial charge in [0.05, 0.1) is 10.8 Å². The van der Waals surface area contributed by atoms with Gasteiger partial charge < -0.3 is 4.90 Å². The Bertz CT molecular complexity index is 696. The van der Waals surface area contributed by atoms with Crippen LogP contribution in [0.2, 0.25) is 0 Å². The van der Waals surface area contributed by atoms with Crippen molar-refractivity contribution < 1.29 is 13.2 Å². The van der Waals surface area contributed by atoms with Crippen LogP contribution in [0.15, 0.2) is 23.1 Å². The van der Waals surface area contributed by atoms with Crippen LogP contribution in [-0.4, -0.2) is 49.7 Å². The van der Waals surface area contributed by atoms with E-state index in [2.05, 4.69) is 0 Å². The molecule has 1 amide bonds. The molecule has 1 aromatic rings. The summed E-state index contributed by atoms with van der Waals surface area (Å²) in [4.78, 5) is 14.7. The first-order chi connectivity index (χ1) is 11.3. The third-order valence-electron chi connectivity index (χ3n) is 4.77. The van der Waals surface area contributed by atoms with E-state index in [1.165, 1.54) is 4.31 Å². The normalized spacial score (nSPS) is 19.2. The van der Waals surface area contributed by atoms with Gasteiger partial charge in [-0.1, -0.05) is 12.1 Å². The van der Waals surface area contributed by atoms with Crippen molar-refractivity contribution >= 4 is 15.9 Å². The van der Waals surface area contributed by atoms with Gasteiger partial charge in [-0.2, -0.15) is 4.31 Å². The van der Waals surface area contributed by atoms with Gasteiger partial charge in [0.15, 0.2) is 0 Å². The lowest BCUT2D eigenvalue weighted by Crippen LogP contribution is -2.46. The first-order valence-electron chi connectivity index (χ1n) is 8.67. The van der Waals surface area contributed by atoms with Crippen LogP contribution in [0.1, 0.15) is 37.8 Å². The SMILES string of the molecule is CCN(CC)C(=O)C1CCCN(S(=O)(=O)c2cc(C)ccc2C)C1. The molecule has 1 aliphatic heterocycles. The van der Waals surface area contributed by atoms with Crippen LogP contribution in [0.4, 0.5) is 0 Å². The third-order valence-corrected chi connectivity index (χ3v) is 6.78. The van der Waals surface area contributed by atoms with Crippen LogP contribution < -0.4 is 0 Å². The molecule has 0 N–H and O–H groups in total. The third kappa shape index (κ3) is 3.81. The summed E-state index contributed by atoms with van der Waals surface area (Å²) in [6, 6.07) is 5.47. The lowest BCUT2D eigenvalue weighted by atomic mass is 9.98. The Hall–Kier alpha value is -1.40. The van der Waals surface area contributed by atoms with E-state index in [1.807, 2.05) is 39.8 Å². The van der Waals surface area contributed by atoms with E-state index in [0.717, 1.165) is 24.0 Å². The summed E-state index contributed by atoms with van der Waals surface area (Å²) < 4.78 is 27.6. The molecule has 1 aliphatic rings. The van der Waals surface area contributed by atoms with E-state index >= 15 is 0 Å². The van der Waals surface area contributed by atoms with Gasteiger partial charge in [0, 0.05) is 26.2 Å². The van der Waals surface area contributed by atoms with E-state index in [1.54, 1.807) is 11.0 Å². The van der Waals surface area contributed by atoms with Crippen molar-refractivity contribution in [1.82, 2.24) is 9.21 Å². The number of carbonyl (C=O) groups excluding carboxylic acids is 1. The number of benzene rings is 1. The van der Waals surface area contributed by atoms with Crippen LogP contribution in [0.25, 0.3) is 0 Å². The second-order valence-electron chi connectivity index (χ2n) is 6.48. The highest BCUT2D eigenvalue weighted by atomic mass is 32.2. The quantitative estimate of drug-likeness (QED) is 0.818. The molecule has 134 valence electrons. The average molecular weight is 353 g/mol. The second-order valence-corrected chi connectivity index (χ2v) is 8.39. The zero-order valence-electron chi connectivity index (χ0n) is 15.1. The Morgan fingerprint density at radius 2 is 1.92 bits per heavy atom. The molecular weight excluding hydrogens is 324 g/mol. The molecular formula is C18H28N2O3S. The van der Waals surface area contributed by atoms with Gasteiger partial charge in [0.2, 0.25) is 15.9 Å². The van der Waals surface area contributed by atoms with Crippen LogP contribution in [0.3, 0.4) is 0 Å². The maximum Gasteiger partial charge on any atom is 0.243 e. The molecule has 0 saturated carbocycles. The monoisotopic (exact) mass is 352 g/mol. The molecule has 6 heteroatoms. The van der Waals surface area contributed by atoms with Crippen molar-refractivity contribution in [3.63, 3.8) is 0 Å². The van der Waals surface area contributed by atoms with Crippen molar-refractivity contribution in [3.05, 3.63) is 29.3 Å². The molecule has 2 rings (SSSR count). The first kappa shape index (κ1) is 18.9. The number of hydrogen-bond acceptors (Lipinski definition) is 3. The minimum absolute atomic E-state index is 0.0702. The number of rotatable bonds is 5. The van der Waals surface area contributed by atoms with Crippen LogP contribution in [-0.2, 0) is 14.8 Å². The van der Waals surface area contributed by atoms with Gasteiger partial charge in [-0.15, -0.1) is 0 Å². The highest BCUT2D eigenvalue weighted by Crippen LogP contribution is 2.27. The molecule has 1 saturated heterocycles. The zero-order valence-corrected chi connectivity index (χ0v) is 15.9. The van der Waals surface area contributed by atoms with E-state index in [-0.39, 0.29) is 18.4 Å². The zero-order chi connectivity index (χ0) is 17.9. The fraction of sp³-hybridized carbons (Fsp3) is 0.611. The number of aryl methyl sites for hydroxylation is 2. The van der Waals surface area contributed by atoms with Gasteiger partial charge in [0.1, 0.15) is 0 Å². The summed E-state index contributed by atoms with van der Waals surface area (Å²) >= 11 is 0. The molecule has 1 heterocycles. The number of piperidine rings is 1. The van der Waals surface area contributed by atoms with Gasteiger partial charge >= 0.3 is 0 Å². The van der Waals surface area contributed by atoms with Crippen LogP contribution in [0.5, 0.6) is 0 Å². The molecule has 0 aliphatic carbocycles. The molecule has 0 spiro atoms. The van der Waals surface area contributed by atoms with Crippen LogP contribution in [0, 0.1) is 19.8 Å². The standard InChI is InChI=1S/C18H28N2O3S/c1-5-19(6-2)18(21)16-8-7-11-20(13-16)24(22,23)17-12-14(3)9-10-15(17)4/h9-10,12,16H,5-8,11,13H2,1-4H3. The minimum Gasteiger partial charge on any atom is -0.343 e. The van der Waals surface area contributed by atoms with Gasteiger partial charge in [-0.05, 0) is 57.7 Å². The average Bonchev–Trinajstić information content (AvgIpc) is 2.58. The topological polar surface area (TPSA) is 57.7 Å². The molecule has 5 nitrogen and oxygen atoms in total. The predicted molar refractivity (Wildman–Crippen MR) is 95.3 cm³/mol. The number of sulfonamides is 1. The molecule has 0 aromatic heterocycles. The first-order valence-corrected chi connectivity index (χ1v) is 10.1. The van der Waals surface area contributed by atoms with Crippen molar-refractivity contribution in [2.45, 2.75) is 45.4 Å². The second kappa shape index (κ2) is 7.66. The summed E-state index contributed by atoms with van der Waals surface area (Å²) in [6.45, 7) is 9.70. The van der Waals surface area contributed by atoms with E-state index < -0.39 is 10.0 Å². The molecule has 24 heavy (non-hydrogen) atoms. The molecule has 1 atom stereocenters. The Labute approximate surface area is 145 Å². The number of hydrogen-bond donors (Lipinski definition) is 0. The summed E-state index contributed by atoms with van der Waals surface area (Å²) in [6.07, 6.45) is 1.48. The molecule has 1 unspecified atom stereocenters. The summed E-state index contributed by atoms with van der Waals surface area (Å²) in [5, 5.41) is 0. The van der Waals surface area contributed by atoms with E-state index in [0.29, 0.717) is 24.5 Å². The smallest absolute Gasteiger partial charge is 0.243 e. The van der Waals surface area contributed by atoms with E-state index in [9.17, 15) is 13.2 Å². The van der Waals surface area contributed by atoms with Crippen molar-refractivity contribution in [2.24, 2.45) is 5.92 Å². The van der Waals surface area contributed by atoms with Crippen molar-refractivity contribution in [3.8, 4) is 0 Å². The van der Waals surface area contributed by atoms with E-state index in [4.69, 9.17) is 0 Å². The lowest BCUT2D eigenvalue weighted by molar-refractivity contribution is -0.136. The lowest BCUT2D eigenvalue weighted by Gasteiger charge is -2.34. The fourth-order valence-corrected chi connectivity index (χ4v) is 5.11. The maximum atomic E-state index is 13.0. The summed E-state index contributed by atoms with van der Waals surface area (Å²) in [5.41, 5.74) is 1.67. The summed E-state index contributed by atoms with van der Waals surface area (Å²) in [7, 11) is -3.56. The molecule has 1 fully saturated rings. The van der Waals surface area contributed by atoms with Gasteiger partial charge in [-0.25, -0.2) is 8.42 Å². The fourth-order valence-electron chi connectivity index (χ4n) is 3.28. The Morgan fingerprint density at radius 1 is 1.25 bits per heavy atom. The van der Waals surface area contributed by atoms with Gasteiger partial charge in [-0.3, -0.25) is 4.79 Å². The van der Waals surface area contributed by atoms with Crippen molar-refractivity contribution in [1.29, 1.82) is 0 Å². The highest BCUT2D eigenvalue weighted by Gasteiger charge is 2.35. The maximum absolute atomic E-state index is 13.0. The molecule has 1 aromatic carbocycles. The number of nitrogens with zero attached hydrogens (tertiary/aromatic N) is 2. The van der Waals surface area contributed by atoms with Crippen LogP contribution >= 0.6 is 0 Å².